The van der Waals surface area contributed by atoms with Gasteiger partial charge in [0.2, 0.25) is 0 Å². The van der Waals surface area contributed by atoms with Crippen molar-refractivity contribution in [3.63, 3.8) is 0 Å². The molecule has 0 aliphatic carbocycles. The molecule has 0 fully saturated rings. The zero-order valence-electron chi connectivity index (χ0n) is 49.3. The molecule has 3 N–H and O–H groups in total. The molecule has 0 heterocycles. The number of benzene rings is 4. The largest absolute Gasteiger partial charge is 0.351 e. The van der Waals surface area contributed by atoms with Crippen LogP contribution in [0.3, 0.4) is 0 Å². The summed E-state index contributed by atoms with van der Waals surface area (Å²) in [6.45, 7) is 14.0. The van der Waals surface area contributed by atoms with Gasteiger partial charge in [0.1, 0.15) is 0 Å². The molecule has 0 spiro atoms. The van der Waals surface area contributed by atoms with E-state index >= 15 is 14.4 Å². The molecule has 0 bridgehead atoms. The Balaban J connectivity index is 1.97. The third kappa shape index (κ3) is 24.3. The van der Waals surface area contributed by atoms with E-state index in [2.05, 4.69) is 129 Å². The second kappa shape index (κ2) is 40.2. The van der Waals surface area contributed by atoms with Crippen LogP contribution >= 0.6 is 0 Å². The smallest absolute Gasteiger partial charge is 0.253 e. The normalized spacial score (nSPS) is 11.9. The topological polar surface area (TPSA) is 87.3 Å². The molecule has 6 heteroatoms. The van der Waals surface area contributed by atoms with Crippen molar-refractivity contribution in [1.82, 2.24) is 16.0 Å². The van der Waals surface area contributed by atoms with Gasteiger partial charge in [-0.25, -0.2) is 0 Å². The second-order valence-corrected chi connectivity index (χ2v) is 21.9. The lowest BCUT2D eigenvalue weighted by Crippen LogP contribution is -2.35. The summed E-state index contributed by atoms with van der Waals surface area (Å²) in [6, 6.07) is 30.4. The third-order valence-electron chi connectivity index (χ3n) is 15.1. The van der Waals surface area contributed by atoms with Crippen LogP contribution in [0.2, 0.25) is 0 Å². The molecule has 4 aromatic carbocycles. The van der Waals surface area contributed by atoms with Crippen LogP contribution in [0.1, 0.15) is 297 Å². The summed E-state index contributed by atoms with van der Waals surface area (Å²) < 4.78 is 0. The van der Waals surface area contributed by atoms with Gasteiger partial charge in [-0.05, 0) is 53.7 Å². The van der Waals surface area contributed by atoms with Crippen molar-refractivity contribution >= 4 is 17.7 Å². The van der Waals surface area contributed by atoms with Gasteiger partial charge < -0.3 is 16.0 Å². The second-order valence-electron chi connectivity index (χ2n) is 21.9. The first-order valence-corrected chi connectivity index (χ1v) is 30.9. The van der Waals surface area contributed by atoms with E-state index < -0.39 is 17.7 Å². The number of carbonyl (C=O) groups excluding carboxylic acids is 3. The molecule has 4 aromatic rings. The summed E-state index contributed by atoms with van der Waals surface area (Å²) in [5.74, 6) is 19.4. The molecule has 420 valence electrons. The first-order valence-electron chi connectivity index (χ1n) is 30.9. The fourth-order valence-electron chi connectivity index (χ4n) is 10.0. The van der Waals surface area contributed by atoms with Gasteiger partial charge in [0.15, 0.2) is 0 Å². The lowest BCUT2D eigenvalue weighted by atomic mass is 9.84. The van der Waals surface area contributed by atoms with E-state index in [0.717, 1.165) is 74.5 Å². The third-order valence-corrected chi connectivity index (χ3v) is 15.1. The van der Waals surface area contributed by atoms with Gasteiger partial charge >= 0.3 is 0 Å². The number of hydrogen-bond acceptors (Lipinski definition) is 3. The number of amides is 3. The molecule has 0 unspecified atom stereocenters. The zero-order valence-corrected chi connectivity index (χ0v) is 49.3. The van der Waals surface area contributed by atoms with Crippen LogP contribution in [0.25, 0.3) is 0 Å². The minimum absolute atomic E-state index is 0.0193. The van der Waals surface area contributed by atoms with Gasteiger partial charge in [0.25, 0.3) is 17.7 Å². The molecular formula is C72H99N3O3. The highest BCUT2D eigenvalue weighted by atomic mass is 16.2. The van der Waals surface area contributed by atoms with E-state index in [9.17, 15) is 0 Å². The molecule has 3 amide bonds. The van der Waals surface area contributed by atoms with Crippen LogP contribution in [-0.4, -0.2) is 37.4 Å². The minimum Gasteiger partial charge on any atom is -0.351 e. The molecule has 0 saturated carbocycles. The van der Waals surface area contributed by atoms with E-state index in [-0.39, 0.29) is 51.1 Å². The summed E-state index contributed by atoms with van der Waals surface area (Å²) in [4.78, 5) is 46.3. The molecule has 0 aliphatic rings. The molecule has 4 rings (SSSR count). The van der Waals surface area contributed by atoms with Crippen LogP contribution in [0, 0.1) is 35.5 Å². The summed E-state index contributed by atoms with van der Waals surface area (Å²) in [7, 11) is 0. The summed E-state index contributed by atoms with van der Waals surface area (Å²) >= 11 is 0. The average molecular weight is 1050 g/mol. The molecular weight excluding hydrogens is 955 g/mol. The highest BCUT2D eigenvalue weighted by Crippen LogP contribution is 2.30. The van der Waals surface area contributed by atoms with Crippen molar-refractivity contribution in [1.29, 1.82) is 0 Å². The van der Waals surface area contributed by atoms with Gasteiger partial charge in [-0.2, -0.15) is 0 Å². The van der Waals surface area contributed by atoms with Crippen LogP contribution in [0.15, 0.2) is 91.0 Å². The number of hydrogen-bond donors (Lipinski definition) is 3. The Hall–Kier alpha value is -6.03. The lowest BCUT2D eigenvalue weighted by molar-refractivity contribution is 0.0951. The molecule has 0 saturated heterocycles. The Morgan fingerprint density at radius 3 is 0.782 bits per heavy atom. The highest BCUT2D eigenvalue weighted by molar-refractivity contribution is 6.13. The maximum Gasteiger partial charge on any atom is 0.253 e. The molecule has 6 nitrogen and oxygen atoms in total. The number of carbonyl (C=O) groups is 3. The number of nitrogens with one attached hydrogen (secondary N) is 3. The van der Waals surface area contributed by atoms with E-state index in [1.807, 2.05) is 54.6 Å². The Morgan fingerprint density at radius 1 is 0.333 bits per heavy atom. The van der Waals surface area contributed by atoms with Crippen molar-refractivity contribution in [2.24, 2.45) is 0 Å². The van der Waals surface area contributed by atoms with Gasteiger partial charge in [-0.1, -0.05) is 303 Å². The molecule has 0 aromatic heterocycles. The van der Waals surface area contributed by atoms with Gasteiger partial charge in [-0.15, -0.1) is 0 Å². The maximum atomic E-state index is 15.4. The van der Waals surface area contributed by atoms with E-state index in [1.54, 1.807) is 0 Å². The Kier molecular flexibility index (Phi) is 33.2. The average Bonchev–Trinajstić information content (AvgIpc) is 3.53. The number of rotatable bonds is 36. The molecule has 78 heavy (non-hydrogen) atoms. The lowest BCUT2D eigenvalue weighted by Gasteiger charge is -2.22. The Bertz CT molecular complexity index is 2220. The number of unbranched alkanes of at least 4 members (excludes halogenated alkanes) is 24. The van der Waals surface area contributed by atoms with E-state index in [1.165, 1.54) is 96.3 Å². The predicted molar refractivity (Wildman–Crippen MR) is 330 cm³/mol. The fraction of sp³-hybridized carbons (Fsp3) is 0.542. The van der Waals surface area contributed by atoms with E-state index in [4.69, 9.17) is 0 Å². The Morgan fingerprint density at radius 2 is 0.551 bits per heavy atom. The van der Waals surface area contributed by atoms with Gasteiger partial charge in [0, 0.05) is 38.9 Å². The first kappa shape index (κ1) is 64.5. The monoisotopic (exact) mass is 1050 g/mol. The van der Waals surface area contributed by atoms with Crippen LogP contribution in [-0.2, 0) is 0 Å². The SMILES string of the molecule is CCCCCCCCCCC#Cc1c(C(=O)NC[C@H](C)c2ccccc2)c(C#CCCCCCCCCCC)c(C(=O)NC[C@H](C)c2ccccc2)c(C#CCCCCCCCCCC)c1C(=O)NC[C@H](C)c1ccccc1. The molecule has 0 aliphatic heterocycles. The van der Waals surface area contributed by atoms with Crippen LogP contribution in [0.4, 0.5) is 0 Å². The van der Waals surface area contributed by atoms with Crippen molar-refractivity contribution in [2.45, 2.75) is 233 Å². The zero-order chi connectivity index (χ0) is 55.8. The van der Waals surface area contributed by atoms with Gasteiger partial charge in [-0.3, -0.25) is 14.4 Å². The highest BCUT2D eigenvalue weighted by Gasteiger charge is 2.32. The van der Waals surface area contributed by atoms with Crippen molar-refractivity contribution in [3.8, 4) is 35.5 Å². The van der Waals surface area contributed by atoms with Crippen molar-refractivity contribution in [2.75, 3.05) is 19.6 Å². The first-order chi connectivity index (χ1) is 38.2. The van der Waals surface area contributed by atoms with Crippen molar-refractivity contribution in [3.05, 3.63) is 141 Å². The van der Waals surface area contributed by atoms with Crippen molar-refractivity contribution < 1.29 is 14.4 Å². The summed E-state index contributed by atoms with van der Waals surface area (Å²) in [6.07, 6.45) is 29.8. The maximum absolute atomic E-state index is 15.4. The molecule has 3 atom stereocenters. The van der Waals surface area contributed by atoms with Gasteiger partial charge in [0.05, 0.1) is 33.4 Å². The summed E-state index contributed by atoms with van der Waals surface area (Å²) in [5.41, 5.74) is 4.63. The van der Waals surface area contributed by atoms with Crippen LogP contribution in [0.5, 0.6) is 0 Å². The van der Waals surface area contributed by atoms with Crippen LogP contribution < -0.4 is 16.0 Å². The minimum atomic E-state index is -0.414. The molecule has 0 radical (unpaired) electrons. The quantitative estimate of drug-likeness (QED) is 0.0313. The standard InChI is InChI=1S/C72H99N3O3/c1-7-10-13-16-19-22-25-28-31-43-52-64-67(70(76)73-55-58(4)61-46-37-34-38-47-61)65(53-44-32-29-26-23-20-17-14-11-8-2)69(72(78)75-57-60(6)63-50-41-36-42-51-63)66(54-45-33-30-27-24-21-18-15-12-9-3)68(64)71(77)74-56-59(5)62-48-39-35-40-49-62/h34-42,46-51,58-60H,7-33,55-57H2,1-6H3,(H,73,76)(H,74,77)(H,75,78)/t58-,59-,60-/m0/s1. The Labute approximate surface area is 474 Å². The van der Waals surface area contributed by atoms with E-state index in [0.29, 0.717) is 38.9 Å². The summed E-state index contributed by atoms with van der Waals surface area (Å²) in [5, 5.41) is 9.80. The predicted octanol–water partition coefficient (Wildman–Crippen LogP) is 17.9. The fourth-order valence-corrected chi connectivity index (χ4v) is 10.0.